The van der Waals surface area contributed by atoms with Crippen molar-refractivity contribution in [2.75, 3.05) is 23.1 Å². The molecule has 0 aromatic carbocycles. The first-order chi connectivity index (χ1) is 18.5. The van der Waals surface area contributed by atoms with Crippen molar-refractivity contribution in [2.24, 2.45) is 0 Å². The van der Waals surface area contributed by atoms with Gasteiger partial charge in [-0.2, -0.15) is 9.97 Å². The number of hydrogen-bond acceptors (Lipinski definition) is 11. The highest BCUT2D eigenvalue weighted by Gasteiger charge is 2.56. The third-order valence-electron chi connectivity index (χ3n) is 7.00. The summed E-state index contributed by atoms with van der Waals surface area (Å²) in [5.74, 6) is -0.343. The van der Waals surface area contributed by atoms with Gasteiger partial charge in [0.05, 0.1) is 24.9 Å². The summed E-state index contributed by atoms with van der Waals surface area (Å²) in [6.45, 7) is 4.36. The number of fused-ring (bicyclic) bond motifs is 1. The number of nitrogens with one attached hydrogen (secondary N) is 1. The number of hydrogen-bond donors (Lipinski definition) is 3. The summed E-state index contributed by atoms with van der Waals surface area (Å²) >= 11 is 6.15. The molecule has 1 unspecified atom stereocenters. The lowest BCUT2D eigenvalue weighted by Crippen LogP contribution is -2.47. The summed E-state index contributed by atoms with van der Waals surface area (Å²) in [6, 6.07) is -0.179. The van der Waals surface area contributed by atoms with E-state index in [-0.39, 0.29) is 23.6 Å². The van der Waals surface area contributed by atoms with Crippen LogP contribution in [-0.2, 0) is 23.4 Å². The maximum atomic E-state index is 15.6. The maximum absolute atomic E-state index is 15.6. The van der Waals surface area contributed by atoms with Crippen LogP contribution in [0.1, 0.15) is 52.7 Å². The van der Waals surface area contributed by atoms with Crippen molar-refractivity contribution in [3.63, 3.8) is 0 Å². The smallest absolute Gasteiger partial charge is 0.323 e. The van der Waals surface area contributed by atoms with Crippen molar-refractivity contribution in [2.45, 2.75) is 94.8 Å². The number of carbonyl (C=O) groups is 1. The highest BCUT2D eigenvalue weighted by molar-refractivity contribution is 7.36. The maximum Gasteiger partial charge on any atom is 0.323 e. The zero-order chi connectivity index (χ0) is 28.1. The monoisotopic (exact) mass is 589 g/mol. The van der Waals surface area contributed by atoms with Crippen molar-refractivity contribution in [1.82, 2.24) is 24.6 Å². The van der Waals surface area contributed by atoms with Gasteiger partial charge in [0.25, 0.3) is 8.18 Å². The molecule has 0 spiro atoms. The van der Waals surface area contributed by atoms with Crippen molar-refractivity contribution < 1.29 is 32.9 Å². The summed E-state index contributed by atoms with van der Waals surface area (Å²) in [4.78, 5) is 27.5. The molecule has 16 heteroatoms. The Bertz CT molecular complexity index is 1240. The van der Waals surface area contributed by atoms with E-state index in [4.69, 9.17) is 31.3 Å². The van der Waals surface area contributed by atoms with Crippen molar-refractivity contribution in [1.29, 1.82) is 0 Å². The number of aromatic nitrogens is 4. The Morgan fingerprint density at radius 3 is 2.62 bits per heavy atom. The number of carbonyl (C=O) groups excluding carboxylic acids is 1. The summed E-state index contributed by atoms with van der Waals surface area (Å²) in [6.07, 6.45) is 0.240. The van der Waals surface area contributed by atoms with Gasteiger partial charge in [0.2, 0.25) is 5.95 Å². The predicted octanol–water partition coefficient (Wildman–Crippen LogP) is 2.08. The van der Waals surface area contributed by atoms with Crippen LogP contribution in [0.3, 0.4) is 0 Å². The Kier molecular flexibility index (Phi) is 8.06. The van der Waals surface area contributed by atoms with Crippen LogP contribution in [0.4, 0.5) is 16.2 Å². The van der Waals surface area contributed by atoms with E-state index in [9.17, 15) is 14.5 Å². The van der Waals surface area contributed by atoms with E-state index in [0.29, 0.717) is 23.4 Å². The first-order valence-electron chi connectivity index (χ1n) is 13.0. The minimum absolute atomic E-state index is 0.0150. The molecule has 2 aromatic rings. The number of aliphatic hydroxyl groups is 1. The molecular weight excluding hydrogens is 556 g/mol. The molecule has 1 saturated heterocycles. The number of nitrogens with zero attached hydrogens (tertiary/aromatic N) is 5. The van der Waals surface area contributed by atoms with Gasteiger partial charge in [-0.1, -0.05) is 0 Å². The number of nitrogen functional groups attached to an aromatic ring is 1. The van der Waals surface area contributed by atoms with E-state index in [1.165, 1.54) is 17.8 Å². The lowest BCUT2D eigenvalue weighted by molar-refractivity contribution is -0.149. The predicted molar refractivity (Wildman–Crippen MR) is 142 cm³/mol. The molecule has 3 aliphatic rings. The first kappa shape index (κ1) is 28.4. The number of halogens is 2. The van der Waals surface area contributed by atoms with Gasteiger partial charge in [-0.25, -0.2) is 14.5 Å². The number of ether oxygens (including phenoxy) is 2. The number of esters is 1. The molecule has 2 aromatic heterocycles. The number of imidazole rings is 1. The van der Waals surface area contributed by atoms with Gasteiger partial charge >= 0.3 is 5.97 Å². The lowest BCUT2D eigenvalue weighted by atomic mass is 9.99. The molecule has 0 bridgehead atoms. The van der Waals surface area contributed by atoms with Gasteiger partial charge in [0, 0.05) is 12.1 Å². The van der Waals surface area contributed by atoms with E-state index in [2.05, 4.69) is 24.9 Å². The van der Waals surface area contributed by atoms with Crippen LogP contribution in [0, 0.1) is 0 Å². The SMILES string of the molecule is CC(C)OC(=O)[C@H](C)N[PH](=O)OC[C@@]1(CCl)O[C@@H](n2cnc3c(N(C4CC4)C4CC4)nc(N)nc32)[C@H](F)[C@@H]1O. The molecule has 1 aliphatic heterocycles. The van der Waals surface area contributed by atoms with Crippen LogP contribution >= 0.6 is 19.8 Å². The average molecular weight is 590 g/mol. The zero-order valence-electron chi connectivity index (χ0n) is 21.9. The van der Waals surface area contributed by atoms with Crippen LogP contribution in [0.2, 0.25) is 0 Å². The molecule has 3 heterocycles. The number of anilines is 2. The minimum atomic E-state index is -3.01. The van der Waals surface area contributed by atoms with Crippen molar-refractivity contribution in [3.05, 3.63) is 6.33 Å². The van der Waals surface area contributed by atoms with Crippen LogP contribution in [0.5, 0.6) is 0 Å². The zero-order valence-corrected chi connectivity index (χ0v) is 23.7. The fourth-order valence-electron chi connectivity index (χ4n) is 4.73. The molecule has 13 nitrogen and oxygen atoms in total. The molecule has 216 valence electrons. The summed E-state index contributed by atoms with van der Waals surface area (Å²) in [5.41, 5.74) is 5.05. The molecule has 2 saturated carbocycles. The van der Waals surface area contributed by atoms with E-state index in [1.807, 2.05) is 0 Å². The van der Waals surface area contributed by atoms with Gasteiger partial charge < -0.3 is 29.7 Å². The first-order valence-corrected chi connectivity index (χ1v) is 14.9. The Balaban J connectivity index is 1.34. The van der Waals surface area contributed by atoms with Gasteiger partial charge in [0.1, 0.15) is 17.7 Å². The van der Waals surface area contributed by atoms with Gasteiger partial charge in [-0.3, -0.25) is 13.9 Å². The van der Waals surface area contributed by atoms with Gasteiger partial charge in [0.15, 0.2) is 29.4 Å². The third kappa shape index (κ3) is 5.73. The fraction of sp³-hybridized carbons (Fsp3) is 0.739. The highest BCUT2D eigenvalue weighted by Crippen LogP contribution is 2.45. The van der Waals surface area contributed by atoms with Crippen LogP contribution in [0.15, 0.2) is 6.33 Å². The molecular formula is C23H34ClFN7O6P. The highest BCUT2D eigenvalue weighted by atomic mass is 35.5. The number of aliphatic hydroxyl groups excluding tert-OH is 1. The van der Waals surface area contributed by atoms with Crippen LogP contribution in [0.25, 0.3) is 11.2 Å². The summed E-state index contributed by atoms with van der Waals surface area (Å²) in [7, 11) is -3.01. The van der Waals surface area contributed by atoms with Gasteiger partial charge in [-0.05, 0) is 46.5 Å². The standard InChI is InChI=1S/C23H34ClFN7O6P/c1-11(2)37-21(34)12(3)30-39(35)36-9-23(8-24)17(33)15(25)20(38-23)31-10-27-16-18(31)28-22(26)29-19(16)32(13-4-5-13)14-6-7-14/h10-15,17,20,33,39H,4-9H2,1-3H3,(H,30,35)(H2,26,28,29)/t12-,15+,17-,20+,23+/m0/s1. The minimum Gasteiger partial charge on any atom is -0.462 e. The Labute approximate surface area is 230 Å². The molecule has 0 amide bonds. The second kappa shape index (κ2) is 11.1. The lowest BCUT2D eigenvalue weighted by Gasteiger charge is -2.29. The quantitative estimate of drug-likeness (QED) is 0.188. The summed E-state index contributed by atoms with van der Waals surface area (Å²) < 4.78 is 45.9. The number of nitrogens with two attached hydrogens (primary N) is 1. The normalized spacial score (nSPS) is 28.6. The second-order valence-corrected chi connectivity index (χ2v) is 12.0. The van der Waals surface area contributed by atoms with Gasteiger partial charge in [-0.15, -0.1) is 11.6 Å². The second-order valence-electron chi connectivity index (χ2n) is 10.6. The number of alkyl halides is 2. The Hall–Kier alpha value is -2.09. The van der Waals surface area contributed by atoms with E-state index in [1.54, 1.807) is 13.8 Å². The third-order valence-corrected chi connectivity index (χ3v) is 8.53. The fourth-order valence-corrected chi connectivity index (χ4v) is 5.96. The topological polar surface area (TPSA) is 167 Å². The van der Waals surface area contributed by atoms with E-state index in [0.717, 1.165) is 25.7 Å². The van der Waals surface area contributed by atoms with Crippen LogP contribution < -0.4 is 15.7 Å². The summed E-state index contributed by atoms with van der Waals surface area (Å²) in [5, 5.41) is 13.4. The Morgan fingerprint density at radius 1 is 1.36 bits per heavy atom. The van der Waals surface area contributed by atoms with Crippen LogP contribution in [-0.4, -0.2) is 85.2 Å². The molecule has 3 fully saturated rings. The molecule has 6 atom stereocenters. The molecule has 4 N–H and O–H groups in total. The average Bonchev–Trinajstić information content (AvgIpc) is 3.82. The molecule has 0 radical (unpaired) electrons. The Morgan fingerprint density at radius 2 is 2.03 bits per heavy atom. The molecule has 5 rings (SSSR count). The van der Waals surface area contributed by atoms with E-state index < -0.39 is 50.9 Å². The largest absolute Gasteiger partial charge is 0.462 e. The van der Waals surface area contributed by atoms with E-state index >= 15 is 4.39 Å². The number of rotatable bonds is 12. The molecule has 39 heavy (non-hydrogen) atoms. The van der Waals surface area contributed by atoms with Crippen molar-refractivity contribution >= 4 is 48.7 Å². The molecule has 2 aliphatic carbocycles. The van der Waals surface area contributed by atoms with Crippen molar-refractivity contribution in [3.8, 4) is 0 Å².